The Morgan fingerprint density at radius 1 is 1.22 bits per heavy atom. The second-order valence-electron chi connectivity index (χ2n) is 5.58. The first-order chi connectivity index (χ1) is 13.0. The van der Waals surface area contributed by atoms with Gasteiger partial charge in [-0.15, -0.1) is 0 Å². The van der Waals surface area contributed by atoms with Gasteiger partial charge in [-0.2, -0.15) is 0 Å². The lowest BCUT2D eigenvalue weighted by molar-refractivity contribution is -0.132. The summed E-state index contributed by atoms with van der Waals surface area (Å²) >= 11 is 3.38. The van der Waals surface area contributed by atoms with Crippen LogP contribution in [-0.2, 0) is 14.3 Å². The largest absolute Gasteiger partial charge is 0.490 e. The minimum absolute atomic E-state index is 0.174. The van der Waals surface area contributed by atoms with Crippen molar-refractivity contribution < 1.29 is 23.8 Å². The molecule has 1 heterocycles. The molecule has 6 nitrogen and oxygen atoms in total. The Kier molecular flexibility index (Phi) is 5.71. The average molecular weight is 430 g/mol. The maximum atomic E-state index is 12.2. The van der Waals surface area contributed by atoms with Crippen molar-refractivity contribution in [3.05, 3.63) is 63.8 Å². The SMILES string of the molecule is CCOc1cc(/C=C2\N=C(c3cccc(Br)c3)OC2=O)ccc1OC(C)=O. The topological polar surface area (TPSA) is 74.2 Å². The summed E-state index contributed by atoms with van der Waals surface area (Å²) in [5.41, 5.74) is 1.54. The monoisotopic (exact) mass is 429 g/mol. The quantitative estimate of drug-likeness (QED) is 0.406. The Bertz CT molecular complexity index is 965. The van der Waals surface area contributed by atoms with Gasteiger partial charge >= 0.3 is 11.9 Å². The van der Waals surface area contributed by atoms with E-state index in [1.54, 1.807) is 30.3 Å². The van der Waals surface area contributed by atoms with Crippen molar-refractivity contribution in [2.24, 2.45) is 4.99 Å². The molecule has 0 atom stereocenters. The first-order valence-electron chi connectivity index (χ1n) is 8.20. The fourth-order valence-electron chi connectivity index (χ4n) is 2.43. The summed E-state index contributed by atoms with van der Waals surface area (Å²) in [6.45, 7) is 3.55. The standard InChI is InChI=1S/C20H16BrNO5/c1-3-25-18-10-13(7-8-17(18)26-12(2)23)9-16-20(24)27-19(22-16)14-5-4-6-15(21)11-14/h4-11H,3H2,1-2H3/b16-9-. The van der Waals surface area contributed by atoms with Crippen LogP contribution in [0.1, 0.15) is 25.0 Å². The molecule has 0 unspecified atom stereocenters. The second kappa shape index (κ2) is 8.18. The molecule has 0 amide bonds. The van der Waals surface area contributed by atoms with Crippen LogP contribution in [0.3, 0.4) is 0 Å². The Hall–Kier alpha value is -2.93. The van der Waals surface area contributed by atoms with E-state index in [-0.39, 0.29) is 11.6 Å². The summed E-state index contributed by atoms with van der Waals surface area (Å²) in [5.74, 6) is -0.00534. The minimum atomic E-state index is -0.535. The lowest BCUT2D eigenvalue weighted by Gasteiger charge is -2.10. The second-order valence-corrected chi connectivity index (χ2v) is 6.49. The molecule has 0 aliphatic carbocycles. The molecule has 3 rings (SSSR count). The summed E-state index contributed by atoms with van der Waals surface area (Å²) in [6.07, 6.45) is 1.59. The average Bonchev–Trinajstić information content (AvgIpc) is 2.98. The number of aliphatic imine (C=N–C) groups is 1. The summed E-state index contributed by atoms with van der Waals surface area (Å²) in [6, 6.07) is 12.3. The van der Waals surface area contributed by atoms with Gasteiger partial charge in [0.05, 0.1) is 6.61 Å². The smallest absolute Gasteiger partial charge is 0.363 e. The lowest BCUT2D eigenvalue weighted by atomic mass is 10.1. The van der Waals surface area contributed by atoms with Gasteiger partial charge in [-0.1, -0.05) is 28.1 Å². The van der Waals surface area contributed by atoms with E-state index in [0.717, 1.165) is 4.47 Å². The molecule has 0 spiro atoms. The predicted octanol–water partition coefficient (Wildman–Crippen LogP) is 4.12. The highest BCUT2D eigenvalue weighted by Gasteiger charge is 2.24. The molecule has 0 radical (unpaired) electrons. The van der Waals surface area contributed by atoms with Gasteiger partial charge in [-0.05, 0) is 48.9 Å². The highest BCUT2D eigenvalue weighted by molar-refractivity contribution is 9.10. The van der Waals surface area contributed by atoms with Crippen molar-refractivity contribution in [3.63, 3.8) is 0 Å². The van der Waals surface area contributed by atoms with E-state index in [1.165, 1.54) is 6.92 Å². The van der Waals surface area contributed by atoms with Crippen molar-refractivity contribution in [3.8, 4) is 11.5 Å². The molecule has 0 saturated carbocycles. The van der Waals surface area contributed by atoms with Crippen LogP contribution >= 0.6 is 15.9 Å². The maximum Gasteiger partial charge on any atom is 0.363 e. The number of nitrogens with zero attached hydrogens (tertiary/aromatic N) is 1. The summed E-state index contributed by atoms with van der Waals surface area (Å²) in [4.78, 5) is 27.6. The van der Waals surface area contributed by atoms with Crippen molar-refractivity contribution in [2.75, 3.05) is 6.61 Å². The molecule has 27 heavy (non-hydrogen) atoms. The Balaban J connectivity index is 1.92. The first kappa shape index (κ1) is 18.8. The number of carbonyl (C=O) groups is 2. The molecule has 138 valence electrons. The molecule has 0 N–H and O–H groups in total. The van der Waals surface area contributed by atoms with Gasteiger partial charge in [0.2, 0.25) is 5.90 Å². The number of cyclic esters (lactones) is 1. The minimum Gasteiger partial charge on any atom is -0.490 e. The fraction of sp³-hybridized carbons (Fsp3) is 0.150. The van der Waals surface area contributed by atoms with Crippen LogP contribution in [-0.4, -0.2) is 24.4 Å². The number of halogens is 1. The number of carbonyl (C=O) groups excluding carboxylic acids is 2. The molecular weight excluding hydrogens is 414 g/mol. The van der Waals surface area contributed by atoms with Crippen LogP contribution in [0.2, 0.25) is 0 Å². The van der Waals surface area contributed by atoms with E-state index in [0.29, 0.717) is 29.2 Å². The molecule has 2 aromatic rings. The van der Waals surface area contributed by atoms with Crippen LogP contribution in [0.5, 0.6) is 11.5 Å². The third-order valence-electron chi connectivity index (χ3n) is 3.52. The fourth-order valence-corrected chi connectivity index (χ4v) is 2.83. The number of rotatable bonds is 5. The normalized spacial score (nSPS) is 14.7. The molecule has 2 aromatic carbocycles. The van der Waals surface area contributed by atoms with E-state index in [1.807, 2.05) is 25.1 Å². The van der Waals surface area contributed by atoms with Crippen LogP contribution < -0.4 is 9.47 Å². The zero-order valence-corrected chi connectivity index (χ0v) is 16.3. The van der Waals surface area contributed by atoms with Crippen LogP contribution in [0.4, 0.5) is 0 Å². The van der Waals surface area contributed by atoms with Crippen LogP contribution in [0.15, 0.2) is 57.6 Å². The van der Waals surface area contributed by atoms with Gasteiger partial charge in [0.25, 0.3) is 0 Å². The third-order valence-corrected chi connectivity index (χ3v) is 4.01. The van der Waals surface area contributed by atoms with E-state index in [4.69, 9.17) is 14.2 Å². The highest BCUT2D eigenvalue weighted by Crippen LogP contribution is 2.30. The Morgan fingerprint density at radius 2 is 2.04 bits per heavy atom. The molecule has 1 aliphatic heterocycles. The molecule has 1 aliphatic rings. The first-order valence-corrected chi connectivity index (χ1v) is 8.99. The third kappa shape index (κ3) is 4.62. The van der Waals surface area contributed by atoms with Crippen molar-refractivity contribution >= 4 is 39.8 Å². The molecular formula is C20H16BrNO5. The van der Waals surface area contributed by atoms with Crippen molar-refractivity contribution in [1.29, 1.82) is 0 Å². The van der Waals surface area contributed by atoms with Gasteiger partial charge in [0.1, 0.15) is 0 Å². The van der Waals surface area contributed by atoms with Crippen molar-refractivity contribution in [1.82, 2.24) is 0 Å². The zero-order valence-electron chi connectivity index (χ0n) is 14.7. The highest BCUT2D eigenvalue weighted by atomic mass is 79.9. The van der Waals surface area contributed by atoms with Crippen LogP contribution in [0.25, 0.3) is 6.08 Å². The summed E-state index contributed by atoms with van der Waals surface area (Å²) in [7, 11) is 0. The number of ether oxygens (including phenoxy) is 3. The zero-order chi connectivity index (χ0) is 19.4. The molecule has 7 heteroatoms. The Labute approximate surface area is 164 Å². The summed E-state index contributed by atoms with van der Waals surface area (Å²) in [5, 5.41) is 0. The number of hydrogen-bond donors (Lipinski definition) is 0. The van der Waals surface area contributed by atoms with Gasteiger partial charge in [0.15, 0.2) is 17.2 Å². The van der Waals surface area contributed by atoms with E-state index >= 15 is 0 Å². The van der Waals surface area contributed by atoms with Gasteiger partial charge in [-0.25, -0.2) is 9.79 Å². The van der Waals surface area contributed by atoms with Gasteiger partial charge < -0.3 is 14.2 Å². The number of benzene rings is 2. The van der Waals surface area contributed by atoms with Crippen molar-refractivity contribution in [2.45, 2.75) is 13.8 Å². The van der Waals surface area contributed by atoms with E-state index in [2.05, 4.69) is 20.9 Å². The maximum absolute atomic E-state index is 12.2. The van der Waals surface area contributed by atoms with Crippen LogP contribution in [0, 0.1) is 0 Å². The lowest BCUT2D eigenvalue weighted by Crippen LogP contribution is -2.05. The van der Waals surface area contributed by atoms with Gasteiger partial charge in [0, 0.05) is 17.0 Å². The van der Waals surface area contributed by atoms with E-state index < -0.39 is 11.9 Å². The number of hydrogen-bond acceptors (Lipinski definition) is 6. The molecule has 0 aromatic heterocycles. The summed E-state index contributed by atoms with van der Waals surface area (Å²) < 4.78 is 16.8. The number of esters is 2. The predicted molar refractivity (Wildman–Crippen MR) is 104 cm³/mol. The molecule has 0 fully saturated rings. The molecule has 0 bridgehead atoms. The van der Waals surface area contributed by atoms with Gasteiger partial charge in [-0.3, -0.25) is 4.79 Å². The van der Waals surface area contributed by atoms with E-state index in [9.17, 15) is 9.59 Å². The molecule has 0 saturated heterocycles. The Morgan fingerprint density at radius 3 is 2.74 bits per heavy atom.